The summed E-state index contributed by atoms with van der Waals surface area (Å²) in [5, 5.41) is 9.37. The van der Waals surface area contributed by atoms with E-state index in [2.05, 4.69) is 38.2 Å². The second kappa shape index (κ2) is 26.0. The van der Waals surface area contributed by atoms with E-state index in [0.717, 1.165) is 57.8 Å². The molecule has 0 amide bonds. The lowest BCUT2D eigenvalue weighted by molar-refractivity contribution is -0.161. The number of hydrogen-bond donors (Lipinski definition) is 1. The van der Waals surface area contributed by atoms with Crippen LogP contribution in [-0.2, 0) is 19.1 Å². The van der Waals surface area contributed by atoms with E-state index in [0.29, 0.717) is 12.8 Å². The molecule has 5 heteroatoms. The zero-order chi connectivity index (χ0) is 25.1. The van der Waals surface area contributed by atoms with Gasteiger partial charge in [0.25, 0.3) is 0 Å². The van der Waals surface area contributed by atoms with Gasteiger partial charge in [-0.1, -0.05) is 95.9 Å². The molecule has 0 radical (unpaired) electrons. The van der Waals surface area contributed by atoms with Crippen molar-refractivity contribution >= 4 is 11.9 Å². The largest absolute Gasteiger partial charge is 0.462 e. The second-order valence-corrected chi connectivity index (χ2v) is 9.12. The quantitative estimate of drug-likeness (QED) is 0.0874. The fraction of sp³-hybridized carbons (Fsp3) is 0.793. The minimum absolute atomic E-state index is 0.0723. The van der Waals surface area contributed by atoms with Gasteiger partial charge in [-0.05, 0) is 44.9 Å². The molecule has 0 aromatic carbocycles. The lowest BCUT2D eigenvalue weighted by atomic mass is 10.1. The predicted molar refractivity (Wildman–Crippen MR) is 141 cm³/mol. The molecule has 0 aromatic rings. The van der Waals surface area contributed by atoms with Crippen LogP contribution in [0.2, 0.25) is 0 Å². The molecule has 0 aromatic heterocycles. The number of unbranched alkanes of at least 4 members (excludes halogenated alkanes) is 12. The minimum atomic E-state index is -0.767. The van der Waals surface area contributed by atoms with Gasteiger partial charge in [0, 0.05) is 12.8 Å². The van der Waals surface area contributed by atoms with Gasteiger partial charge in [0.1, 0.15) is 6.61 Å². The van der Waals surface area contributed by atoms with Crippen LogP contribution in [0.4, 0.5) is 0 Å². The SMILES string of the molecule is CCCCC/C=C\C/C=C\CCCCCCCC(=O)OCC(CO)OC(=O)CCCCCCC. The van der Waals surface area contributed by atoms with E-state index in [1.807, 2.05) is 0 Å². The average molecular weight is 481 g/mol. The van der Waals surface area contributed by atoms with Gasteiger partial charge in [0.05, 0.1) is 6.61 Å². The van der Waals surface area contributed by atoms with E-state index in [1.54, 1.807) is 0 Å². The van der Waals surface area contributed by atoms with E-state index >= 15 is 0 Å². The summed E-state index contributed by atoms with van der Waals surface area (Å²) in [5.74, 6) is -0.625. The summed E-state index contributed by atoms with van der Waals surface area (Å²) in [6, 6.07) is 0. The molecule has 1 atom stereocenters. The molecule has 0 spiro atoms. The third kappa shape index (κ3) is 23.5. The van der Waals surface area contributed by atoms with Crippen molar-refractivity contribution in [1.29, 1.82) is 0 Å². The number of carbonyl (C=O) groups is 2. The first kappa shape index (κ1) is 32.4. The molecular formula is C29H52O5. The Hall–Kier alpha value is -1.62. The van der Waals surface area contributed by atoms with Crippen molar-refractivity contribution in [3.63, 3.8) is 0 Å². The first-order valence-corrected chi connectivity index (χ1v) is 13.9. The minimum Gasteiger partial charge on any atom is -0.462 e. The fourth-order valence-electron chi connectivity index (χ4n) is 3.58. The van der Waals surface area contributed by atoms with Crippen molar-refractivity contribution in [2.75, 3.05) is 13.2 Å². The smallest absolute Gasteiger partial charge is 0.306 e. The molecule has 0 saturated carbocycles. The highest BCUT2D eigenvalue weighted by Crippen LogP contribution is 2.10. The maximum atomic E-state index is 11.9. The Morgan fingerprint density at radius 1 is 0.676 bits per heavy atom. The van der Waals surface area contributed by atoms with Crippen LogP contribution in [0.3, 0.4) is 0 Å². The highest BCUT2D eigenvalue weighted by atomic mass is 16.6. The summed E-state index contributed by atoms with van der Waals surface area (Å²) >= 11 is 0. The van der Waals surface area contributed by atoms with Gasteiger partial charge < -0.3 is 14.6 Å². The Bertz CT molecular complexity index is 527. The number of esters is 2. The van der Waals surface area contributed by atoms with E-state index < -0.39 is 6.10 Å². The van der Waals surface area contributed by atoms with Crippen molar-refractivity contribution in [1.82, 2.24) is 0 Å². The molecule has 34 heavy (non-hydrogen) atoms. The predicted octanol–water partition coefficient (Wildman–Crippen LogP) is 7.61. The summed E-state index contributed by atoms with van der Waals surface area (Å²) in [6.07, 6.45) is 26.8. The Kier molecular flexibility index (Phi) is 24.8. The van der Waals surface area contributed by atoms with Crippen molar-refractivity contribution in [2.45, 2.75) is 136 Å². The second-order valence-electron chi connectivity index (χ2n) is 9.12. The number of ether oxygens (including phenoxy) is 2. The highest BCUT2D eigenvalue weighted by molar-refractivity contribution is 5.70. The van der Waals surface area contributed by atoms with Crippen molar-refractivity contribution in [3.8, 4) is 0 Å². The van der Waals surface area contributed by atoms with E-state index in [9.17, 15) is 14.7 Å². The lowest BCUT2D eigenvalue weighted by Gasteiger charge is -2.15. The van der Waals surface area contributed by atoms with Gasteiger partial charge in [-0.2, -0.15) is 0 Å². The summed E-state index contributed by atoms with van der Waals surface area (Å²) < 4.78 is 10.4. The zero-order valence-electron chi connectivity index (χ0n) is 22.1. The number of aliphatic hydroxyl groups excluding tert-OH is 1. The fourth-order valence-corrected chi connectivity index (χ4v) is 3.58. The van der Waals surface area contributed by atoms with Crippen LogP contribution in [0.5, 0.6) is 0 Å². The molecule has 0 heterocycles. The zero-order valence-corrected chi connectivity index (χ0v) is 22.1. The molecule has 0 saturated heterocycles. The normalized spacial score (nSPS) is 12.4. The van der Waals surface area contributed by atoms with Crippen molar-refractivity contribution in [3.05, 3.63) is 24.3 Å². The number of rotatable bonds is 24. The molecule has 0 aliphatic rings. The molecule has 1 unspecified atom stereocenters. The Balaban J connectivity index is 3.61. The number of carbonyl (C=O) groups excluding carboxylic acids is 2. The Morgan fingerprint density at radius 2 is 1.18 bits per heavy atom. The standard InChI is InChI=1S/C29H52O5/c1-3-5-7-9-10-11-12-13-14-15-16-17-18-20-21-23-28(31)33-26-27(25-30)34-29(32)24-22-19-8-6-4-2/h10-11,13-14,27,30H,3-9,12,15-26H2,1-2H3/b11-10-,14-13-. The Labute approximate surface area is 209 Å². The highest BCUT2D eigenvalue weighted by Gasteiger charge is 2.15. The molecule has 198 valence electrons. The third-order valence-electron chi connectivity index (χ3n) is 5.75. The number of allylic oxidation sites excluding steroid dienone is 4. The van der Waals surface area contributed by atoms with Crippen LogP contribution >= 0.6 is 0 Å². The first-order valence-electron chi connectivity index (χ1n) is 13.9. The van der Waals surface area contributed by atoms with Crippen molar-refractivity contribution in [2.24, 2.45) is 0 Å². The third-order valence-corrected chi connectivity index (χ3v) is 5.75. The summed E-state index contributed by atoms with van der Waals surface area (Å²) in [4.78, 5) is 23.7. The first-order chi connectivity index (χ1) is 16.6. The Morgan fingerprint density at radius 3 is 1.79 bits per heavy atom. The molecular weight excluding hydrogens is 428 g/mol. The van der Waals surface area contributed by atoms with Gasteiger partial charge in [-0.15, -0.1) is 0 Å². The maximum absolute atomic E-state index is 11.9. The van der Waals surface area contributed by atoms with Gasteiger partial charge in [-0.3, -0.25) is 9.59 Å². The van der Waals surface area contributed by atoms with E-state index in [4.69, 9.17) is 9.47 Å². The van der Waals surface area contributed by atoms with Gasteiger partial charge in [-0.25, -0.2) is 0 Å². The van der Waals surface area contributed by atoms with Crippen LogP contribution in [-0.4, -0.2) is 36.4 Å². The summed E-state index contributed by atoms with van der Waals surface area (Å²) in [7, 11) is 0. The monoisotopic (exact) mass is 480 g/mol. The van der Waals surface area contributed by atoms with Crippen LogP contribution in [0.25, 0.3) is 0 Å². The van der Waals surface area contributed by atoms with E-state index in [1.165, 1.54) is 44.9 Å². The van der Waals surface area contributed by atoms with Gasteiger partial charge in [0.2, 0.25) is 0 Å². The average Bonchev–Trinajstić information content (AvgIpc) is 2.84. The number of aliphatic hydroxyl groups is 1. The van der Waals surface area contributed by atoms with Crippen molar-refractivity contribution < 1.29 is 24.2 Å². The molecule has 0 aliphatic heterocycles. The molecule has 5 nitrogen and oxygen atoms in total. The van der Waals surface area contributed by atoms with Gasteiger partial charge >= 0.3 is 11.9 Å². The van der Waals surface area contributed by atoms with Crippen LogP contribution in [0.15, 0.2) is 24.3 Å². The number of hydrogen-bond acceptors (Lipinski definition) is 5. The van der Waals surface area contributed by atoms with E-state index in [-0.39, 0.29) is 25.2 Å². The summed E-state index contributed by atoms with van der Waals surface area (Å²) in [5.41, 5.74) is 0. The van der Waals surface area contributed by atoms with Gasteiger partial charge in [0.15, 0.2) is 6.10 Å². The van der Waals surface area contributed by atoms with Crippen LogP contribution in [0.1, 0.15) is 129 Å². The topological polar surface area (TPSA) is 72.8 Å². The maximum Gasteiger partial charge on any atom is 0.306 e. The lowest BCUT2D eigenvalue weighted by Crippen LogP contribution is -2.28. The summed E-state index contributed by atoms with van der Waals surface area (Å²) in [6.45, 7) is 3.97. The molecule has 0 rings (SSSR count). The van der Waals surface area contributed by atoms with Crippen LogP contribution < -0.4 is 0 Å². The molecule has 0 aliphatic carbocycles. The molecule has 1 N–H and O–H groups in total. The molecule has 0 bridgehead atoms. The van der Waals surface area contributed by atoms with Crippen LogP contribution in [0, 0.1) is 0 Å². The molecule has 0 fully saturated rings.